The van der Waals surface area contributed by atoms with E-state index in [0.717, 1.165) is 13.1 Å². The predicted octanol–water partition coefficient (Wildman–Crippen LogP) is 0.904. The van der Waals surface area contributed by atoms with Gasteiger partial charge >= 0.3 is 0 Å². The van der Waals surface area contributed by atoms with Crippen molar-refractivity contribution in [3.63, 3.8) is 0 Å². The summed E-state index contributed by atoms with van der Waals surface area (Å²) in [4.78, 5) is 0. The molecule has 1 aliphatic heterocycles. The van der Waals surface area contributed by atoms with E-state index in [4.69, 9.17) is 14.2 Å². The fourth-order valence-corrected chi connectivity index (χ4v) is 2.04. The van der Waals surface area contributed by atoms with Gasteiger partial charge in [0.2, 0.25) is 5.75 Å². The Morgan fingerprint density at radius 2 is 1.47 bits per heavy atom. The molecule has 2 N–H and O–H groups in total. The quantitative estimate of drug-likeness (QED) is 0.816. The van der Waals surface area contributed by atoms with Crippen LogP contribution in [-0.2, 0) is 0 Å². The van der Waals surface area contributed by atoms with Crippen LogP contribution in [0.2, 0.25) is 0 Å². The summed E-state index contributed by atoms with van der Waals surface area (Å²) in [5.74, 6) is 2.46. The lowest BCUT2D eigenvalue weighted by atomic mass is 9.99. The van der Waals surface area contributed by atoms with Gasteiger partial charge in [-0.25, -0.2) is 0 Å². The van der Waals surface area contributed by atoms with Gasteiger partial charge in [-0.2, -0.15) is 0 Å². The van der Waals surface area contributed by atoms with Gasteiger partial charge in [0.25, 0.3) is 0 Å². The summed E-state index contributed by atoms with van der Waals surface area (Å²) in [6.07, 6.45) is 0. The average molecular weight is 238 g/mol. The minimum Gasteiger partial charge on any atom is -0.493 e. The standard InChI is InChI=1S/C12H18N2O3/c1-15-10-4-8(9-6-13-14-7-9)5-11(16-2)12(10)17-3/h4-5,9,13-14H,6-7H2,1-3H3. The second-order valence-corrected chi connectivity index (χ2v) is 3.92. The number of rotatable bonds is 4. The lowest BCUT2D eigenvalue weighted by Crippen LogP contribution is -2.21. The third-order valence-electron chi connectivity index (χ3n) is 2.98. The zero-order chi connectivity index (χ0) is 12.3. The van der Waals surface area contributed by atoms with Crippen molar-refractivity contribution in [3.8, 4) is 17.2 Å². The maximum absolute atomic E-state index is 5.33. The van der Waals surface area contributed by atoms with Crippen molar-refractivity contribution in [3.05, 3.63) is 17.7 Å². The van der Waals surface area contributed by atoms with Crippen molar-refractivity contribution in [1.29, 1.82) is 0 Å². The van der Waals surface area contributed by atoms with E-state index in [9.17, 15) is 0 Å². The molecule has 1 aliphatic rings. The Hall–Kier alpha value is -1.46. The van der Waals surface area contributed by atoms with Crippen molar-refractivity contribution in [1.82, 2.24) is 10.9 Å². The van der Waals surface area contributed by atoms with E-state index in [1.165, 1.54) is 5.56 Å². The molecule has 5 nitrogen and oxygen atoms in total. The van der Waals surface area contributed by atoms with Crippen molar-refractivity contribution in [2.75, 3.05) is 34.4 Å². The summed E-state index contributed by atoms with van der Waals surface area (Å²) >= 11 is 0. The number of hydrogen-bond donors (Lipinski definition) is 2. The normalized spacial score (nSPS) is 15.9. The summed E-state index contributed by atoms with van der Waals surface area (Å²) in [6, 6.07) is 4.00. The first-order valence-corrected chi connectivity index (χ1v) is 5.55. The van der Waals surface area contributed by atoms with Crippen LogP contribution in [0.15, 0.2) is 12.1 Å². The van der Waals surface area contributed by atoms with Crippen LogP contribution in [0.5, 0.6) is 17.2 Å². The van der Waals surface area contributed by atoms with Gasteiger partial charge in [0.15, 0.2) is 11.5 Å². The molecule has 17 heavy (non-hydrogen) atoms. The van der Waals surface area contributed by atoms with Crippen LogP contribution in [0.3, 0.4) is 0 Å². The van der Waals surface area contributed by atoms with Gasteiger partial charge in [-0.3, -0.25) is 10.9 Å². The molecule has 0 spiro atoms. The molecular weight excluding hydrogens is 220 g/mol. The SMILES string of the molecule is COc1cc(C2CNNC2)cc(OC)c1OC. The van der Waals surface area contributed by atoms with Crippen molar-refractivity contribution in [2.24, 2.45) is 0 Å². The molecule has 0 atom stereocenters. The van der Waals surface area contributed by atoms with E-state index in [1.807, 2.05) is 12.1 Å². The molecule has 0 saturated carbocycles. The Bertz CT molecular complexity index is 364. The zero-order valence-electron chi connectivity index (χ0n) is 10.4. The van der Waals surface area contributed by atoms with E-state index < -0.39 is 0 Å². The van der Waals surface area contributed by atoms with Gasteiger partial charge in [0, 0.05) is 19.0 Å². The first kappa shape index (κ1) is 12.0. The summed E-state index contributed by atoms with van der Waals surface area (Å²) in [6.45, 7) is 1.80. The first-order valence-electron chi connectivity index (χ1n) is 5.55. The van der Waals surface area contributed by atoms with Crippen LogP contribution in [0.25, 0.3) is 0 Å². The smallest absolute Gasteiger partial charge is 0.203 e. The number of methoxy groups -OCH3 is 3. The minimum atomic E-state index is 0.420. The number of hydrazine groups is 1. The predicted molar refractivity (Wildman–Crippen MR) is 64.8 cm³/mol. The van der Waals surface area contributed by atoms with E-state index in [0.29, 0.717) is 23.2 Å². The topological polar surface area (TPSA) is 51.8 Å². The summed E-state index contributed by atoms with van der Waals surface area (Å²) < 4.78 is 16.0. The molecule has 0 aromatic heterocycles. The Morgan fingerprint density at radius 3 is 1.88 bits per heavy atom. The molecule has 0 radical (unpaired) electrons. The van der Waals surface area contributed by atoms with Crippen molar-refractivity contribution >= 4 is 0 Å². The van der Waals surface area contributed by atoms with Gasteiger partial charge in [-0.1, -0.05) is 0 Å². The van der Waals surface area contributed by atoms with Crippen molar-refractivity contribution in [2.45, 2.75) is 5.92 Å². The average Bonchev–Trinajstić information content (AvgIpc) is 2.90. The van der Waals surface area contributed by atoms with E-state index in [2.05, 4.69) is 10.9 Å². The van der Waals surface area contributed by atoms with Gasteiger partial charge in [-0.05, 0) is 17.7 Å². The second-order valence-electron chi connectivity index (χ2n) is 3.92. The maximum Gasteiger partial charge on any atom is 0.203 e. The highest BCUT2D eigenvalue weighted by Crippen LogP contribution is 2.40. The molecule has 1 aromatic rings. The maximum atomic E-state index is 5.33. The van der Waals surface area contributed by atoms with Gasteiger partial charge in [0.05, 0.1) is 21.3 Å². The Balaban J connectivity index is 2.40. The molecule has 94 valence electrons. The summed E-state index contributed by atoms with van der Waals surface area (Å²) in [5, 5.41) is 0. The number of hydrogen-bond acceptors (Lipinski definition) is 5. The highest BCUT2D eigenvalue weighted by molar-refractivity contribution is 5.54. The summed E-state index contributed by atoms with van der Waals surface area (Å²) in [5.41, 5.74) is 7.40. The lowest BCUT2D eigenvalue weighted by Gasteiger charge is -2.16. The van der Waals surface area contributed by atoms with Crippen molar-refractivity contribution < 1.29 is 14.2 Å². The minimum absolute atomic E-state index is 0.420. The van der Waals surface area contributed by atoms with E-state index in [-0.39, 0.29) is 0 Å². The molecule has 1 fully saturated rings. The molecular formula is C12H18N2O3. The van der Waals surface area contributed by atoms with Crippen LogP contribution in [0.1, 0.15) is 11.5 Å². The van der Waals surface area contributed by atoms with Gasteiger partial charge < -0.3 is 14.2 Å². The monoisotopic (exact) mass is 238 g/mol. The zero-order valence-corrected chi connectivity index (χ0v) is 10.4. The third kappa shape index (κ3) is 2.30. The van der Waals surface area contributed by atoms with Crippen LogP contribution in [-0.4, -0.2) is 34.4 Å². The fraction of sp³-hybridized carbons (Fsp3) is 0.500. The number of nitrogens with one attached hydrogen (secondary N) is 2. The van der Waals surface area contributed by atoms with Crippen LogP contribution in [0, 0.1) is 0 Å². The molecule has 2 rings (SSSR count). The Kier molecular flexibility index (Phi) is 3.71. The third-order valence-corrected chi connectivity index (χ3v) is 2.98. The molecule has 1 heterocycles. The van der Waals surface area contributed by atoms with Gasteiger partial charge in [0.1, 0.15) is 0 Å². The highest BCUT2D eigenvalue weighted by atomic mass is 16.5. The highest BCUT2D eigenvalue weighted by Gasteiger charge is 2.21. The Morgan fingerprint density at radius 1 is 0.941 bits per heavy atom. The second kappa shape index (κ2) is 5.25. The first-order chi connectivity index (χ1) is 8.30. The molecule has 0 bridgehead atoms. The molecule has 0 unspecified atom stereocenters. The van der Waals surface area contributed by atoms with Crippen LogP contribution in [0.4, 0.5) is 0 Å². The largest absolute Gasteiger partial charge is 0.493 e. The van der Waals surface area contributed by atoms with Gasteiger partial charge in [-0.15, -0.1) is 0 Å². The molecule has 0 aliphatic carbocycles. The lowest BCUT2D eigenvalue weighted by molar-refractivity contribution is 0.323. The molecule has 1 saturated heterocycles. The van der Waals surface area contributed by atoms with E-state index in [1.54, 1.807) is 21.3 Å². The van der Waals surface area contributed by atoms with Crippen LogP contribution < -0.4 is 25.1 Å². The Labute approximate surface area is 101 Å². The molecule has 1 aromatic carbocycles. The fourth-order valence-electron chi connectivity index (χ4n) is 2.04. The number of ether oxygens (including phenoxy) is 3. The van der Waals surface area contributed by atoms with Crippen LogP contribution >= 0.6 is 0 Å². The molecule has 0 amide bonds. The summed E-state index contributed by atoms with van der Waals surface area (Å²) in [7, 11) is 4.87. The van der Waals surface area contributed by atoms with E-state index >= 15 is 0 Å². The molecule has 5 heteroatoms. The number of benzene rings is 1.